The van der Waals surface area contributed by atoms with Gasteiger partial charge in [-0.2, -0.15) is 0 Å². The van der Waals surface area contributed by atoms with Crippen LogP contribution < -0.4 is 10.6 Å². The fourth-order valence-corrected chi connectivity index (χ4v) is 3.84. The Morgan fingerprint density at radius 3 is 3.00 bits per heavy atom. The van der Waals surface area contributed by atoms with Gasteiger partial charge < -0.3 is 15.4 Å². The van der Waals surface area contributed by atoms with E-state index in [1.807, 2.05) is 24.5 Å². The van der Waals surface area contributed by atoms with Gasteiger partial charge in [-0.05, 0) is 31.0 Å². The summed E-state index contributed by atoms with van der Waals surface area (Å²) in [5.74, 6) is 0. The first-order chi connectivity index (χ1) is 10.3. The largest absolute Gasteiger partial charge is 0.398 e. The van der Waals surface area contributed by atoms with Crippen molar-refractivity contribution in [2.45, 2.75) is 37.8 Å². The summed E-state index contributed by atoms with van der Waals surface area (Å²) in [5, 5.41) is 2.25. The monoisotopic (exact) mass is 283 g/mol. The minimum Gasteiger partial charge on any atom is -0.398 e. The highest BCUT2D eigenvalue weighted by Gasteiger charge is 2.34. The second kappa shape index (κ2) is 5.19. The molecule has 2 heterocycles. The van der Waals surface area contributed by atoms with Crippen LogP contribution in [-0.2, 0) is 4.74 Å². The van der Waals surface area contributed by atoms with Crippen LogP contribution in [0.25, 0.3) is 10.8 Å². The minimum absolute atomic E-state index is 0.386. The van der Waals surface area contributed by atoms with Crippen LogP contribution >= 0.6 is 0 Å². The highest BCUT2D eigenvalue weighted by molar-refractivity contribution is 6.00. The van der Waals surface area contributed by atoms with E-state index < -0.39 is 0 Å². The van der Waals surface area contributed by atoms with Gasteiger partial charge in [-0.1, -0.05) is 12.8 Å². The Labute approximate surface area is 124 Å². The summed E-state index contributed by atoms with van der Waals surface area (Å²) in [6.07, 6.45) is 9.13. The Balaban J connectivity index is 1.80. The highest BCUT2D eigenvalue weighted by atomic mass is 16.5. The fourth-order valence-electron chi connectivity index (χ4n) is 3.84. The summed E-state index contributed by atoms with van der Waals surface area (Å²) in [6.45, 7) is 1.77. The van der Waals surface area contributed by atoms with E-state index >= 15 is 0 Å². The average Bonchev–Trinajstić information content (AvgIpc) is 2.55. The number of pyridine rings is 1. The van der Waals surface area contributed by atoms with E-state index in [0.29, 0.717) is 12.1 Å². The molecule has 1 aliphatic heterocycles. The van der Waals surface area contributed by atoms with Gasteiger partial charge in [-0.3, -0.25) is 4.98 Å². The van der Waals surface area contributed by atoms with E-state index in [9.17, 15) is 0 Å². The van der Waals surface area contributed by atoms with Crippen LogP contribution in [0.2, 0.25) is 0 Å². The lowest BCUT2D eigenvalue weighted by Gasteiger charge is -2.45. The summed E-state index contributed by atoms with van der Waals surface area (Å²) >= 11 is 0. The number of benzene rings is 1. The number of fused-ring (bicyclic) bond motifs is 2. The van der Waals surface area contributed by atoms with E-state index in [0.717, 1.165) is 29.6 Å². The number of hydrogen-bond donors (Lipinski definition) is 1. The molecule has 1 aromatic heterocycles. The van der Waals surface area contributed by atoms with Gasteiger partial charge in [0.25, 0.3) is 0 Å². The summed E-state index contributed by atoms with van der Waals surface area (Å²) < 4.78 is 5.99. The molecule has 0 radical (unpaired) electrons. The minimum atomic E-state index is 0.386. The van der Waals surface area contributed by atoms with Crippen LogP contribution in [0.1, 0.15) is 25.7 Å². The normalized spacial score (nSPS) is 25.8. The lowest BCUT2D eigenvalue weighted by Crippen LogP contribution is -2.52. The molecule has 1 saturated heterocycles. The molecule has 2 atom stereocenters. The smallest absolute Gasteiger partial charge is 0.0779 e. The molecule has 2 aliphatic rings. The summed E-state index contributed by atoms with van der Waals surface area (Å²) in [4.78, 5) is 6.82. The summed E-state index contributed by atoms with van der Waals surface area (Å²) in [6, 6.07) is 6.67. The fraction of sp³-hybridized carbons (Fsp3) is 0.471. The molecule has 0 spiro atoms. The molecule has 4 heteroatoms. The van der Waals surface area contributed by atoms with Crippen LogP contribution in [-0.4, -0.2) is 30.3 Å². The third-order valence-electron chi connectivity index (χ3n) is 4.87. The van der Waals surface area contributed by atoms with Crippen LogP contribution in [0.4, 0.5) is 11.4 Å². The number of rotatable bonds is 1. The molecule has 4 rings (SSSR count). The van der Waals surface area contributed by atoms with Crippen LogP contribution in [0.3, 0.4) is 0 Å². The molecular weight excluding hydrogens is 262 g/mol. The first-order valence-electron chi connectivity index (χ1n) is 7.85. The van der Waals surface area contributed by atoms with E-state index in [1.165, 1.54) is 31.4 Å². The Hall–Kier alpha value is -1.81. The first-order valence-corrected chi connectivity index (χ1v) is 7.85. The maximum absolute atomic E-state index is 6.12. The third kappa shape index (κ3) is 2.14. The molecule has 2 unspecified atom stereocenters. The SMILES string of the molecule is Nc1ccc(N2CCOC3CCCCC32)c2cnccc12. The lowest BCUT2D eigenvalue weighted by atomic mass is 9.89. The second-order valence-electron chi connectivity index (χ2n) is 6.05. The quantitative estimate of drug-likeness (QED) is 0.818. The van der Waals surface area contributed by atoms with Gasteiger partial charge in [0.15, 0.2) is 0 Å². The topological polar surface area (TPSA) is 51.4 Å². The van der Waals surface area contributed by atoms with Crippen molar-refractivity contribution in [1.82, 2.24) is 4.98 Å². The van der Waals surface area contributed by atoms with Gasteiger partial charge >= 0.3 is 0 Å². The van der Waals surface area contributed by atoms with E-state index in [4.69, 9.17) is 10.5 Å². The Morgan fingerprint density at radius 2 is 2.05 bits per heavy atom. The Kier molecular flexibility index (Phi) is 3.19. The number of nitrogen functional groups attached to an aromatic ring is 1. The number of ether oxygens (including phenoxy) is 1. The number of aromatic nitrogens is 1. The molecule has 1 aliphatic carbocycles. The lowest BCUT2D eigenvalue weighted by molar-refractivity contribution is -0.00856. The van der Waals surface area contributed by atoms with Crippen molar-refractivity contribution in [3.05, 3.63) is 30.6 Å². The summed E-state index contributed by atoms with van der Waals surface area (Å²) in [7, 11) is 0. The van der Waals surface area contributed by atoms with Crippen molar-refractivity contribution in [2.24, 2.45) is 0 Å². The summed E-state index contributed by atoms with van der Waals surface area (Å²) in [5.41, 5.74) is 8.20. The predicted molar refractivity (Wildman–Crippen MR) is 85.5 cm³/mol. The molecule has 2 aromatic rings. The molecule has 1 aromatic carbocycles. The van der Waals surface area contributed by atoms with E-state index in [1.54, 1.807) is 0 Å². The Morgan fingerprint density at radius 1 is 1.14 bits per heavy atom. The van der Waals surface area contributed by atoms with Gasteiger partial charge in [0.2, 0.25) is 0 Å². The van der Waals surface area contributed by atoms with Crippen molar-refractivity contribution < 1.29 is 4.74 Å². The van der Waals surface area contributed by atoms with E-state index in [2.05, 4.69) is 16.0 Å². The standard InChI is InChI=1S/C17H21N3O/c18-14-5-6-15(13-11-19-8-7-12(13)14)20-9-10-21-17-4-2-1-3-16(17)20/h5-8,11,16-17H,1-4,9-10,18H2. The Bertz CT molecular complexity index is 656. The molecule has 1 saturated carbocycles. The number of nitrogens with zero attached hydrogens (tertiary/aromatic N) is 2. The van der Waals surface area contributed by atoms with Gasteiger partial charge in [0, 0.05) is 41.1 Å². The van der Waals surface area contributed by atoms with Crippen molar-refractivity contribution >= 4 is 22.1 Å². The number of anilines is 2. The van der Waals surface area contributed by atoms with Crippen LogP contribution in [0.15, 0.2) is 30.6 Å². The third-order valence-corrected chi connectivity index (χ3v) is 4.87. The zero-order valence-corrected chi connectivity index (χ0v) is 12.2. The molecule has 0 amide bonds. The molecule has 2 N–H and O–H groups in total. The first kappa shape index (κ1) is 12.9. The molecule has 0 bridgehead atoms. The second-order valence-corrected chi connectivity index (χ2v) is 6.05. The number of hydrogen-bond acceptors (Lipinski definition) is 4. The maximum atomic E-state index is 6.12. The molecular formula is C17H21N3O. The zero-order chi connectivity index (χ0) is 14.2. The predicted octanol–water partition coefficient (Wildman–Crippen LogP) is 2.96. The highest BCUT2D eigenvalue weighted by Crippen LogP contribution is 2.36. The van der Waals surface area contributed by atoms with Crippen LogP contribution in [0, 0.1) is 0 Å². The van der Waals surface area contributed by atoms with Crippen molar-refractivity contribution in [3.63, 3.8) is 0 Å². The van der Waals surface area contributed by atoms with Crippen molar-refractivity contribution in [1.29, 1.82) is 0 Å². The van der Waals surface area contributed by atoms with Gasteiger partial charge in [0.1, 0.15) is 0 Å². The number of nitrogens with two attached hydrogens (primary N) is 1. The number of morpholine rings is 1. The van der Waals surface area contributed by atoms with Gasteiger partial charge in [-0.25, -0.2) is 0 Å². The molecule has 21 heavy (non-hydrogen) atoms. The average molecular weight is 283 g/mol. The van der Waals surface area contributed by atoms with Crippen LogP contribution in [0.5, 0.6) is 0 Å². The van der Waals surface area contributed by atoms with Gasteiger partial charge in [-0.15, -0.1) is 0 Å². The van der Waals surface area contributed by atoms with Gasteiger partial charge in [0.05, 0.1) is 18.8 Å². The maximum Gasteiger partial charge on any atom is 0.0779 e. The zero-order valence-electron chi connectivity index (χ0n) is 12.2. The molecule has 2 fully saturated rings. The van der Waals surface area contributed by atoms with Crippen molar-refractivity contribution in [3.8, 4) is 0 Å². The van der Waals surface area contributed by atoms with E-state index in [-0.39, 0.29) is 0 Å². The van der Waals surface area contributed by atoms with Crippen molar-refractivity contribution in [2.75, 3.05) is 23.8 Å². The molecule has 110 valence electrons. The molecule has 4 nitrogen and oxygen atoms in total.